The predicted octanol–water partition coefficient (Wildman–Crippen LogP) is 3.98. The lowest BCUT2D eigenvalue weighted by Gasteiger charge is -2.33. The van der Waals surface area contributed by atoms with Crippen molar-refractivity contribution in [3.8, 4) is 11.1 Å². The van der Waals surface area contributed by atoms with Crippen LogP contribution in [0.5, 0.6) is 0 Å². The highest BCUT2D eigenvalue weighted by Gasteiger charge is 2.30. The van der Waals surface area contributed by atoms with E-state index in [4.69, 9.17) is 0 Å². The van der Waals surface area contributed by atoms with Crippen LogP contribution in [-0.2, 0) is 16.0 Å². The van der Waals surface area contributed by atoms with E-state index in [1.54, 1.807) is 9.21 Å². The molecule has 2 aromatic heterocycles. The van der Waals surface area contributed by atoms with Gasteiger partial charge in [0, 0.05) is 55.8 Å². The number of rotatable bonds is 8. The molecular weight excluding hydrogens is 505 g/mol. The van der Waals surface area contributed by atoms with Crippen molar-refractivity contribution < 1.29 is 22.8 Å². The van der Waals surface area contributed by atoms with Crippen molar-refractivity contribution in [3.05, 3.63) is 48.2 Å². The maximum Gasteiger partial charge on any atom is 0.402 e. The Hall–Kier alpha value is -3.09. The van der Waals surface area contributed by atoms with E-state index < -0.39 is 12.7 Å². The van der Waals surface area contributed by atoms with Crippen LogP contribution in [0.1, 0.15) is 18.4 Å². The van der Waals surface area contributed by atoms with Crippen molar-refractivity contribution >= 4 is 40.8 Å². The van der Waals surface area contributed by atoms with Crippen LogP contribution in [0, 0.1) is 5.92 Å². The zero-order valence-corrected chi connectivity index (χ0v) is 20.8. The molecule has 0 bridgehead atoms. The number of aromatic nitrogens is 2. The molecule has 0 unspecified atom stereocenters. The summed E-state index contributed by atoms with van der Waals surface area (Å²) in [6.45, 7) is 0.867. The Morgan fingerprint density at radius 1 is 1.08 bits per heavy atom. The minimum atomic E-state index is -4.25. The number of aromatic amines is 1. The summed E-state index contributed by atoms with van der Waals surface area (Å²) in [6.07, 6.45) is -0.363. The SMILES string of the molecule is O=C(Nc1cc(-c2ccc(CC(=O)N3CCN(SNCC(F)(F)F)CC3)cc2)c2cc[nH]c2n1)C1CC1. The summed E-state index contributed by atoms with van der Waals surface area (Å²) in [5, 5.41) is 3.85. The summed E-state index contributed by atoms with van der Waals surface area (Å²) >= 11 is 0.947. The minimum absolute atomic E-state index is 0.00443. The van der Waals surface area contributed by atoms with E-state index in [9.17, 15) is 22.8 Å². The molecule has 3 aromatic rings. The van der Waals surface area contributed by atoms with Gasteiger partial charge in [-0.1, -0.05) is 24.3 Å². The quantitative estimate of drug-likeness (QED) is 0.380. The number of anilines is 1. The van der Waals surface area contributed by atoms with Gasteiger partial charge in [-0.2, -0.15) is 13.2 Å². The summed E-state index contributed by atoms with van der Waals surface area (Å²) in [7, 11) is 0. The van der Waals surface area contributed by atoms with Gasteiger partial charge in [-0.3, -0.25) is 9.59 Å². The monoisotopic (exact) mass is 532 g/mol. The Morgan fingerprint density at radius 2 is 1.81 bits per heavy atom. The number of alkyl halides is 3. The van der Waals surface area contributed by atoms with Gasteiger partial charge in [0.15, 0.2) is 0 Å². The number of hydrogen-bond acceptors (Lipinski definition) is 6. The molecule has 0 spiro atoms. The Kier molecular flexibility index (Phi) is 7.40. The molecule has 1 saturated carbocycles. The molecule has 1 saturated heterocycles. The molecule has 5 rings (SSSR count). The fraction of sp³-hybridized carbons (Fsp3) is 0.400. The number of hydrogen-bond donors (Lipinski definition) is 3. The molecule has 1 aliphatic heterocycles. The zero-order chi connectivity index (χ0) is 26.0. The molecule has 3 heterocycles. The van der Waals surface area contributed by atoms with Crippen molar-refractivity contribution in [2.45, 2.75) is 25.4 Å². The predicted molar refractivity (Wildman–Crippen MR) is 136 cm³/mol. The average Bonchev–Trinajstić information content (AvgIpc) is 3.61. The lowest BCUT2D eigenvalue weighted by molar-refractivity contribution is -0.131. The van der Waals surface area contributed by atoms with Gasteiger partial charge in [0.2, 0.25) is 11.8 Å². The van der Waals surface area contributed by atoms with E-state index in [-0.39, 0.29) is 24.2 Å². The van der Waals surface area contributed by atoms with Crippen LogP contribution in [0.25, 0.3) is 22.2 Å². The molecule has 1 aromatic carbocycles. The number of pyridine rings is 1. The normalized spacial score (nSPS) is 16.8. The lowest BCUT2D eigenvalue weighted by atomic mass is 10.0. The number of nitrogens with one attached hydrogen (secondary N) is 3. The fourth-order valence-electron chi connectivity index (χ4n) is 4.24. The Balaban J connectivity index is 1.19. The second-order valence-electron chi connectivity index (χ2n) is 9.27. The van der Waals surface area contributed by atoms with Gasteiger partial charge < -0.3 is 15.2 Å². The molecule has 12 heteroatoms. The van der Waals surface area contributed by atoms with E-state index in [0.717, 1.165) is 47.1 Å². The number of nitrogens with zero attached hydrogens (tertiary/aromatic N) is 3. The number of carbonyl (C=O) groups excluding carboxylic acids is 2. The van der Waals surface area contributed by atoms with Crippen LogP contribution in [0.4, 0.5) is 19.0 Å². The largest absolute Gasteiger partial charge is 0.402 e. The van der Waals surface area contributed by atoms with Gasteiger partial charge >= 0.3 is 6.18 Å². The summed E-state index contributed by atoms with van der Waals surface area (Å²) in [4.78, 5) is 34.4. The second-order valence-corrected chi connectivity index (χ2v) is 10.3. The molecular formula is C25H27F3N6O2S. The number of benzene rings is 1. The molecule has 196 valence electrons. The van der Waals surface area contributed by atoms with Gasteiger partial charge in [0.05, 0.1) is 6.42 Å². The number of amides is 2. The minimum Gasteiger partial charge on any atom is -0.346 e. The van der Waals surface area contributed by atoms with Gasteiger partial charge in [-0.05, 0) is 41.7 Å². The molecule has 0 atom stereocenters. The standard InChI is InChI=1S/C25H27F3N6O2S/c26-25(27,28)15-30-37-34-11-9-33(10-12-34)22(35)13-16-1-3-17(4-2-16)20-14-21(32-24(36)18-5-6-18)31-23-19(20)7-8-29-23/h1-4,7-8,14,18,30H,5-6,9-13,15H2,(H2,29,31,32,36). The van der Waals surface area contributed by atoms with Crippen LogP contribution in [0.3, 0.4) is 0 Å². The zero-order valence-electron chi connectivity index (χ0n) is 20.0. The topological polar surface area (TPSA) is 93.4 Å². The van der Waals surface area contributed by atoms with Crippen molar-refractivity contribution in [1.29, 1.82) is 0 Å². The molecule has 2 amide bonds. The molecule has 2 aliphatic rings. The van der Waals surface area contributed by atoms with Crippen molar-refractivity contribution in [3.63, 3.8) is 0 Å². The number of piperazine rings is 1. The molecule has 1 aliphatic carbocycles. The highest BCUT2D eigenvalue weighted by Crippen LogP contribution is 2.33. The maximum atomic E-state index is 12.8. The maximum absolute atomic E-state index is 12.8. The Morgan fingerprint density at radius 3 is 2.49 bits per heavy atom. The molecule has 8 nitrogen and oxygen atoms in total. The summed E-state index contributed by atoms with van der Waals surface area (Å²) in [5.74, 6) is 0.569. The first-order valence-electron chi connectivity index (χ1n) is 12.1. The van der Waals surface area contributed by atoms with E-state index >= 15 is 0 Å². The smallest absolute Gasteiger partial charge is 0.346 e. The number of fused-ring (bicyclic) bond motifs is 1. The number of carbonyl (C=O) groups is 2. The molecule has 0 radical (unpaired) electrons. The summed E-state index contributed by atoms with van der Waals surface area (Å²) < 4.78 is 41.0. The van der Waals surface area contributed by atoms with Gasteiger partial charge in [-0.25, -0.2) is 14.0 Å². The van der Waals surface area contributed by atoms with E-state index in [1.165, 1.54) is 0 Å². The molecule has 37 heavy (non-hydrogen) atoms. The van der Waals surface area contributed by atoms with E-state index in [0.29, 0.717) is 37.6 Å². The van der Waals surface area contributed by atoms with Crippen molar-refractivity contribution in [1.82, 2.24) is 23.9 Å². The highest BCUT2D eigenvalue weighted by molar-refractivity contribution is 7.95. The van der Waals surface area contributed by atoms with Gasteiger partial charge in [-0.15, -0.1) is 0 Å². The van der Waals surface area contributed by atoms with Crippen molar-refractivity contribution in [2.75, 3.05) is 38.0 Å². The third-order valence-corrected chi connectivity index (χ3v) is 7.30. The van der Waals surface area contributed by atoms with Crippen LogP contribution in [-0.4, -0.2) is 69.9 Å². The first kappa shape index (κ1) is 25.6. The van der Waals surface area contributed by atoms with Gasteiger partial charge in [0.1, 0.15) is 18.0 Å². The van der Waals surface area contributed by atoms with E-state index in [1.807, 2.05) is 42.6 Å². The van der Waals surface area contributed by atoms with Crippen LogP contribution < -0.4 is 10.0 Å². The van der Waals surface area contributed by atoms with Gasteiger partial charge in [0.25, 0.3) is 0 Å². The number of halogens is 3. The highest BCUT2D eigenvalue weighted by atomic mass is 32.2. The van der Waals surface area contributed by atoms with Crippen LogP contribution in [0.2, 0.25) is 0 Å². The third kappa shape index (κ3) is 6.62. The van der Waals surface area contributed by atoms with Crippen LogP contribution >= 0.6 is 12.1 Å². The first-order valence-corrected chi connectivity index (χ1v) is 12.9. The van der Waals surface area contributed by atoms with E-state index in [2.05, 4.69) is 20.0 Å². The number of H-pyrrole nitrogens is 1. The average molecular weight is 533 g/mol. The lowest BCUT2D eigenvalue weighted by Crippen LogP contribution is -2.47. The van der Waals surface area contributed by atoms with Crippen LogP contribution in [0.15, 0.2) is 42.6 Å². The molecule has 3 N–H and O–H groups in total. The Bertz CT molecular complexity index is 1270. The van der Waals surface area contributed by atoms with Crippen molar-refractivity contribution in [2.24, 2.45) is 5.92 Å². The second kappa shape index (κ2) is 10.7. The third-order valence-electron chi connectivity index (χ3n) is 6.41. The fourth-order valence-corrected chi connectivity index (χ4v) is 4.99. The summed E-state index contributed by atoms with van der Waals surface area (Å²) in [5.41, 5.74) is 3.44. The first-order chi connectivity index (χ1) is 17.7. The Labute approximate surface area is 216 Å². The summed E-state index contributed by atoms with van der Waals surface area (Å²) in [6, 6.07) is 11.6. The molecule has 2 fully saturated rings.